The monoisotopic (exact) mass is 375 g/mol. The van der Waals surface area contributed by atoms with Crippen molar-refractivity contribution < 1.29 is 9.53 Å². The highest BCUT2D eigenvalue weighted by molar-refractivity contribution is 6.01. The minimum Gasteiger partial charge on any atom is -0.383 e. The number of nitrogens with one attached hydrogen (secondary N) is 1. The number of nitrogen functional groups attached to an aromatic ring is 1. The first kappa shape index (κ1) is 19.9. The molecule has 1 aromatic heterocycles. The Bertz CT molecular complexity index is 677. The Labute approximate surface area is 162 Å². The lowest BCUT2D eigenvalue weighted by atomic mass is 9.85. The molecule has 150 valence electrons. The third-order valence-electron chi connectivity index (χ3n) is 5.51. The molecular formula is C20H33N5O2. The molecule has 1 unspecified atom stereocenters. The highest BCUT2D eigenvalue weighted by Crippen LogP contribution is 2.34. The van der Waals surface area contributed by atoms with Gasteiger partial charge in [-0.3, -0.25) is 9.69 Å². The van der Waals surface area contributed by atoms with Gasteiger partial charge in [-0.15, -0.1) is 0 Å². The smallest absolute Gasteiger partial charge is 0.232 e. The van der Waals surface area contributed by atoms with Gasteiger partial charge in [-0.1, -0.05) is 13.3 Å². The molecule has 1 aromatic rings. The number of rotatable bonds is 8. The lowest BCUT2D eigenvalue weighted by Gasteiger charge is -2.35. The van der Waals surface area contributed by atoms with Gasteiger partial charge in [0, 0.05) is 25.3 Å². The number of fused-ring (bicyclic) bond motifs is 1. The van der Waals surface area contributed by atoms with Crippen molar-refractivity contribution in [1.29, 1.82) is 0 Å². The fourth-order valence-corrected chi connectivity index (χ4v) is 4.08. The Morgan fingerprint density at radius 1 is 1.33 bits per heavy atom. The number of hydrogen-bond donors (Lipinski definition) is 2. The topological polar surface area (TPSA) is 93.4 Å². The molecule has 7 heteroatoms. The molecule has 2 aliphatic rings. The van der Waals surface area contributed by atoms with E-state index in [1.807, 2.05) is 0 Å². The quantitative estimate of drug-likeness (QED) is 0.678. The van der Waals surface area contributed by atoms with Crippen LogP contribution in [0.15, 0.2) is 0 Å². The molecule has 0 saturated carbocycles. The molecular weight excluding hydrogens is 342 g/mol. The standard InChI is InChI=1S/C20H33N5O2/c1-4-5-9-22-19-23-17(21)15-12-16(26)25(18(15)24-19)10-6-7-14-8-11-27-20(2,3)13-14/h14H,4-13H2,1-3H3,(H3,21,22,23,24). The zero-order valence-corrected chi connectivity index (χ0v) is 16.9. The van der Waals surface area contributed by atoms with Gasteiger partial charge in [0.2, 0.25) is 11.9 Å². The fourth-order valence-electron chi connectivity index (χ4n) is 4.08. The van der Waals surface area contributed by atoms with Crippen LogP contribution in [0, 0.1) is 5.92 Å². The minimum absolute atomic E-state index is 0.0281. The molecule has 0 aromatic carbocycles. The van der Waals surface area contributed by atoms with E-state index in [9.17, 15) is 4.79 Å². The highest BCUT2D eigenvalue weighted by atomic mass is 16.5. The number of carbonyl (C=O) groups is 1. The van der Waals surface area contributed by atoms with Gasteiger partial charge in [-0.25, -0.2) is 0 Å². The van der Waals surface area contributed by atoms with Gasteiger partial charge in [0.25, 0.3) is 0 Å². The number of amides is 1. The van der Waals surface area contributed by atoms with Crippen molar-refractivity contribution in [2.24, 2.45) is 5.92 Å². The van der Waals surface area contributed by atoms with Crippen molar-refractivity contribution in [2.45, 2.75) is 71.3 Å². The van der Waals surface area contributed by atoms with Crippen molar-refractivity contribution in [3.05, 3.63) is 5.56 Å². The van der Waals surface area contributed by atoms with Crippen LogP contribution >= 0.6 is 0 Å². The number of nitrogens with two attached hydrogens (primary N) is 1. The van der Waals surface area contributed by atoms with Gasteiger partial charge < -0.3 is 15.8 Å². The van der Waals surface area contributed by atoms with E-state index in [0.717, 1.165) is 57.2 Å². The Hall–Kier alpha value is -1.89. The lowest BCUT2D eigenvalue weighted by molar-refractivity contribution is -0.117. The number of nitrogens with zero attached hydrogens (tertiary/aromatic N) is 3. The third-order valence-corrected chi connectivity index (χ3v) is 5.51. The highest BCUT2D eigenvalue weighted by Gasteiger charge is 2.32. The van der Waals surface area contributed by atoms with E-state index in [1.54, 1.807) is 4.90 Å². The van der Waals surface area contributed by atoms with E-state index in [2.05, 4.69) is 36.1 Å². The molecule has 3 N–H and O–H groups in total. The summed E-state index contributed by atoms with van der Waals surface area (Å²) >= 11 is 0. The van der Waals surface area contributed by atoms with E-state index in [4.69, 9.17) is 10.5 Å². The molecule has 0 radical (unpaired) electrons. The number of hydrogen-bond acceptors (Lipinski definition) is 6. The average molecular weight is 376 g/mol. The van der Waals surface area contributed by atoms with Gasteiger partial charge in [0.15, 0.2) is 0 Å². The maximum absolute atomic E-state index is 12.5. The Morgan fingerprint density at radius 2 is 2.15 bits per heavy atom. The SMILES string of the molecule is CCCCNc1nc(N)c2c(n1)N(CCCC1CCOC(C)(C)C1)C(=O)C2. The maximum Gasteiger partial charge on any atom is 0.232 e. The van der Waals surface area contributed by atoms with Crippen molar-refractivity contribution in [3.63, 3.8) is 0 Å². The van der Waals surface area contributed by atoms with Crippen molar-refractivity contribution in [1.82, 2.24) is 9.97 Å². The largest absolute Gasteiger partial charge is 0.383 e. The molecule has 27 heavy (non-hydrogen) atoms. The van der Waals surface area contributed by atoms with Crippen LogP contribution in [0.3, 0.4) is 0 Å². The van der Waals surface area contributed by atoms with Crippen LogP contribution in [0.5, 0.6) is 0 Å². The fraction of sp³-hybridized carbons (Fsp3) is 0.750. The first-order valence-electron chi connectivity index (χ1n) is 10.2. The van der Waals surface area contributed by atoms with E-state index in [0.29, 0.717) is 36.5 Å². The molecule has 3 rings (SSSR count). The van der Waals surface area contributed by atoms with E-state index < -0.39 is 0 Å². The zero-order valence-electron chi connectivity index (χ0n) is 16.9. The number of carbonyl (C=O) groups excluding carboxylic acids is 1. The van der Waals surface area contributed by atoms with Gasteiger partial charge in [-0.2, -0.15) is 9.97 Å². The lowest BCUT2D eigenvalue weighted by Crippen LogP contribution is -2.34. The van der Waals surface area contributed by atoms with Gasteiger partial charge in [-0.05, 0) is 51.9 Å². The van der Waals surface area contributed by atoms with Gasteiger partial charge >= 0.3 is 0 Å². The first-order chi connectivity index (χ1) is 12.9. The van der Waals surface area contributed by atoms with E-state index in [1.165, 1.54) is 0 Å². The molecule has 2 aliphatic heterocycles. The summed E-state index contributed by atoms with van der Waals surface area (Å²) in [4.78, 5) is 23.2. The second-order valence-corrected chi connectivity index (χ2v) is 8.35. The van der Waals surface area contributed by atoms with Crippen LogP contribution < -0.4 is 16.0 Å². The summed E-state index contributed by atoms with van der Waals surface area (Å²) in [5.74, 6) is 2.36. The number of ether oxygens (including phenoxy) is 1. The molecule has 1 amide bonds. The molecule has 1 fully saturated rings. The maximum atomic E-state index is 12.5. The van der Waals surface area contributed by atoms with Crippen LogP contribution in [-0.4, -0.2) is 41.2 Å². The Morgan fingerprint density at radius 3 is 2.89 bits per heavy atom. The normalized spacial score (nSPS) is 21.4. The number of unbranched alkanes of at least 4 members (excludes halogenated alkanes) is 1. The summed E-state index contributed by atoms with van der Waals surface area (Å²) in [5.41, 5.74) is 6.84. The van der Waals surface area contributed by atoms with Gasteiger partial charge in [0.1, 0.15) is 11.6 Å². The average Bonchev–Trinajstić information content (AvgIpc) is 2.91. The Kier molecular flexibility index (Phi) is 6.19. The summed E-state index contributed by atoms with van der Waals surface area (Å²) in [7, 11) is 0. The third kappa shape index (κ3) is 4.89. The molecule has 0 aliphatic carbocycles. The van der Waals surface area contributed by atoms with E-state index in [-0.39, 0.29) is 11.5 Å². The van der Waals surface area contributed by atoms with Crippen molar-refractivity contribution in [3.8, 4) is 0 Å². The van der Waals surface area contributed by atoms with Crippen molar-refractivity contribution >= 4 is 23.5 Å². The zero-order chi connectivity index (χ0) is 19.4. The molecule has 0 bridgehead atoms. The second kappa shape index (κ2) is 8.42. The van der Waals surface area contributed by atoms with Crippen LogP contribution in [0.25, 0.3) is 0 Å². The number of anilines is 3. The van der Waals surface area contributed by atoms with Crippen LogP contribution in [0.2, 0.25) is 0 Å². The molecule has 0 spiro atoms. The van der Waals surface area contributed by atoms with Crippen molar-refractivity contribution in [2.75, 3.05) is 35.6 Å². The summed E-state index contributed by atoms with van der Waals surface area (Å²) in [6.45, 7) is 8.79. The summed E-state index contributed by atoms with van der Waals surface area (Å²) in [6, 6.07) is 0. The van der Waals surface area contributed by atoms with Gasteiger partial charge in [0.05, 0.1) is 12.0 Å². The van der Waals surface area contributed by atoms with E-state index >= 15 is 0 Å². The van der Waals surface area contributed by atoms with Crippen LogP contribution in [0.4, 0.5) is 17.6 Å². The molecule has 1 saturated heterocycles. The summed E-state index contributed by atoms with van der Waals surface area (Å²) < 4.78 is 5.80. The molecule has 7 nitrogen and oxygen atoms in total. The summed E-state index contributed by atoms with van der Waals surface area (Å²) in [5, 5.41) is 3.21. The molecule has 1 atom stereocenters. The predicted molar refractivity (Wildman–Crippen MR) is 108 cm³/mol. The minimum atomic E-state index is -0.0281. The van der Waals surface area contributed by atoms with Crippen LogP contribution in [-0.2, 0) is 16.0 Å². The number of aromatic nitrogens is 2. The predicted octanol–water partition coefficient (Wildman–Crippen LogP) is 3.15. The Balaban J connectivity index is 1.61. The second-order valence-electron chi connectivity index (χ2n) is 8.35. The van der Waals surface area contributed by atoms with Crippen LogP contribution in [0.1, 0.15) is 64.9 Å². The first-order valence-corrected chi connectivity index (χ1v) is 10.2. The molecule has 3 heterocycles. The summed E-state index contributed by atoms with van der Waals surface area (Å²) in [6.07, 6.45) is 6.71.